The predicted octanol–water partition coefficient (Wildman–Crippen LogP) is 2.25. The smallest absolute Gasteiger partial charge is 0.259 e. The summed E-state index contributed by atoms with van der Waals surface area (Å²) in [5, 5.41) is 7.54. The molecule has 0 bridgehead atoms. The first-order chi connectivity index (χ1) is 10.3. The molecule has 1 N–H and O–H groups in total. The molecule has 0 amide bonds. The number of halogens is 1. The molecule has 3 heterocycles. The van der Waals surface area contributed by atoms with Gasteiger partial charge in [0.25, 0.3) is 5.89 Å². The number of nitrogens with zero attached hydrogens (tertiary/aromatic N) is 4. The van der Waals surface area contributed by atoms with E-state index in [2.05, 4.69) is 48.2 Å². The number of piperazine rings is 1. The summed E-state index contributed by atoms with van der Waals surface area (Å²) >= 11 is 3.40. The first-order valence-electron chi connectivity index (χ1n) is 7.17. The zero-order valence-corrected chi connectivity index (χ0v) is 13.5. The van der Waals surface area contributed by atoms with E-state index in [-0.39, 0.29) is 6.04 Å². The average Bonchev–Trinajstić information content (AvgIpc) is 2.99. The quantitative estimate of drug-likeness (QED) is 0.911. The molecular formula is C14H18BrN5O. The number of nitrogens with one attached hydrogen (secondary N) is 1. The molecule has 0 saturated carbocycles. The number of rotatable bonds is 4. The van der Waals surface area contributed by atoms with Gasteiger partial charge in [0.15, 0.2) is 5.82 Å². The molecule has 0 radical (unpaired) electrons. The zero-order valence-electron chi connectivity index (χ0n) is 11.9. The van der Waals surface area contributed by atoms with Crippen molar-refractivity contribution in [2.75, 3.05) is 26.2 Å². The van der Waals surface area contributed by atoms with Crippen LogP contribution in [0.15, 0.2) is 27.5 Å². The molecule has 3 rings (SSSR count). The second kappa shape index (κ2) is 6.64. The molecule has 1 saturated heterocycles. The van der Waals surface area contributed by atoms with E-state index in [1.807, 2.05) is 6.07 Å². The predicted molar refractivity (Wildman–Crippen MR) is 82.7 cm³/mol. The molecule has 112 valence electrons. The van der Waals surface area contributed by atoms with Crippen molar-refractivity contribution < 1.29 is 4.52 Å². The van der Waals surface area contributed by atoms with Gasteiger partial charge in [-0.3, -0.25) is 9.88 Å². The lowest BCUT2D eigenvalue weighted by atomic mass is 10.1. The van der Waals surface area contributed by atoms with Gasteiger partial charge in [-0.2, -0.15) is 4.98 Å². The number of hydrogen-bond acceptors (Lipinski definition) is 6. The maximum atomic E-state index is 5.42. The van der Waals surface area contributed by atoms with Gasteiger partial charge in [0.2, 0.25) is 0 Å². The van der Waals surface area contributed by atoms with Crippen molar-refractivity contribution in [2.24, 2.45) is 0 Å². The second-order valence-corrected chi connectivity index (χ2v) is 5.98. The summed E-state index contributed by atoms with van der Waals surface area (Å²) in [6.07, 6.45) is 4.43. The van der Waals surface area contributed by atoms with E-state index in [1.54, 1.807) is 12.4 Å². The Morgan fingerprint density at radius 3 is 2.90 bits per heavy atom. The molecule has 0 spiro atoms. The largest absolute Gasteiger partial charge is 0.334 e. The highest BCUT2D eigenvalue weighted by molar-refractivity contribution is 9.10. The monoisotopic (exact) mass is 351 g/mol. The average molecular weight is 352 g/mol. The SMILES string of the molecule is CCC(c1noc(-c2cncc(Br)c2)n1)N1CCNCC1. The Bertz CT molecular complexity index is 597. The minimum Gasteiger partial charge on any atom is -0.334 e. The molecule has 0 aliphatic carbocycles. The van der Waals surface area contributed by atoms with E-state index in [0.29, 0.717) is 5.89 Å². The van der Waals surface area contributed by atoms with Gasteiger partial charge in [0.1, 0.15) is 0 Å². The Morgan fingerprint density at radius 2 is 2.19 bits per heavy atom. The third-order valence-electron chi connectivity index (χ3n) is 3.67. The zero-order chi connectivity index (χ0) is 14.7. The van der Waals surface area contributed by atoms with Gasteiger partial charge < -0.3 is 9.84 Å². The van der Waals surface area contributed by atoms with E-state index in [1.165, 1.54) is 0 Å². The topological polar surface area (TPSA) is 67.1 Å². The van der Waals surface area contributed by atoms with Crippen LogP contribution in [0.4, 0.5) is 0 Å². The van der Waals surface area contributed by atoms with Gasteiger partial charge in [0, 0.05) is 43.0 Å². The van der Waals surface area contributed by atoms with E-state index >= 15 is 0 Å². The van der Waals surface area contributed by atoms with Crippen LogP contribution in [-0.2, 0) is 0 Å². The van der Waals surface area contributed by atoms with Crippen molar-refractivity contribution in [1.82, 2.24) is 25.3 Å². The first kappa shape index (κ1) is 14.6. The van der Waals surface area contributed by atoms with Gasteiger partial charge in [-0.15, -0.1) is 0 Å². The lowest BCUT2D eigenvalue weighted by Gasteiger charge is -2.32. The van der Waals surface area contributed by atoms with Gasteiger partial charge in [-0.25, -0.2) is 0 Å². The van der Waals surface area contributed by atoms with Crippen LogP contribution in [-0.4, -0.2) is 46.2 Å². The Morgan fingerprint density at radius 1 is 1.38 bits per heavy atom. The van der Waals surface area contributed by atoms with Crippen LogP contribution < -0.4 is 5.32 Å². The molecule has 1 atom stereocenters. The molecule has 21 heavy (non-hydrogen) atoms. The highest BCUT2D eigenvalue weighted by Gasteiger charge is 2.25. The summed E-state index contributed by atoms with van der Waals surface area (Å²) in [6.45, 7) is 6.21. The molecule has 2 aromatic rings. The maximum absolute atomic E-state index is 5.42. The summed E-state index contributed by atoms with van der Waals surface area (Å²) < 4.78 is 6.31. The third-order valence-corrected chi connectivity index (χ3v) is 4.10. The Kier molecular flexibility index (Phi) is 4.62. The fourth-order valence-electron chi connectivity index (χ4n) is 2.61. The van der Waals surface area contributed by atoms with Crippen molar-refractivity contribution >= 4 is 15.9 Å². The molecule has 1 fully saturated rings. The van der Waals surface area contributed by atoms with E-state index in [4.69, 9.17) is 4.52 Å². The number of hydrogen-bond donors (Lipinski definition) is 1. The van der Waals surface area contributed by atoms with E-state index in [9.17, 15) is 0 Å². The summed E-state index contributed by atoms with van der Waals surface area (Å²) in [6, 6.07) is 2.14. The molecule has 0 aromatic carbocycles. The minimum absolute atomic E-state index is 0.213. The highest BCUT2D eigenvalue weighted by atomic mass is 79.9. The van der Waals surface area contributed by atoms with E-state index < -0.39 is 0 Å². The Hall–Kier alpha value is -1.31. The Balaban J connectivity index is 1.82. The molecule has 2 aromatic heterocycles. The summed E-state index contributed by atoms with van der Waals surface area (Å²) in [5.41, 5.74) is 0.832. The molecule has 1 aliphatic heterocycles. The molecule has 1 unspecified atom stereocenters. The van der Waals surface area contributed by atoms with Crippen LogP contribution in [0, 0.1) is 0 Å². The summed E-state index contributed by atoms with van der Waals surface area (Å²) in [4.78, 5) is 11.1. The fourth-order valence-corrected chi connectivity index (χ4v) is 2.98. The van der Waals surface area contributed by atoms with Crippen molar-refractivity contribution in [3.8, 4) is 11.5 Å². The molecule has 7 heteroatoms. The lowest BCUT2D eigenvalue weighted by molar-refractivity contribution is 0.160. The van der Waals surface area contributed by atoms with Crippen molar-refractivity contribution in [3.63, 3.8) is 0 Å². The van der Waals surface area contributed by atoms with Crippen molar-refractivity contribution in [2.45, 2.75) is 19.4 Å². The third kappa shape index (κ3) is 3.30. The summed E-state index contributed by atoms with van der Waals surface area (Å²) in [5.74, 6) is 1.28. The molecular weight excluding hydrogens is 334 g/mol. The van der Waals surface area contributed by atoms with Crippen molar-refractivity contribution in [1.29, 1.82) is 0 Å². The minimum atomic E-state index is 0.213. The van der Waals surface area contributed by atoms with Crippen LogP contribution in [0.3, 0.4) is 0 Å². The normalized spacial score (nSPS) is 17.8. The number of pyridine rings is 1. The standard InChI is InChI=1S/C14H18BrN5O/c1-2-12(20-5-3-16-4-6-20)13-18-14(21-19-13)10-7-11(15)9-17-8-10/h7-9,12,16H,2-6H2,1H3. The van der Waals surface area contributed by atoms with Crippen LogP contribution in [0.5, 0.6) is 0 Å². The van der Waals surface area contributed by atoms with Gasteiger partial charge >= 0.3 is 0 Å². The van der Waals surface area contributed by atoms with Crippen LogP contribution in [0.2, 0.25) is 0 Å². The lowest BCUT2D eigenvalue weighted by Crippen LogP contribution is -2.45. The molecule has 6 nitrogen and oxygen atoms in total. The van der Waals surface area contributed by atoms with Crippen LogP contribution >= 0.6 is 15.9 Å². The van der Waals surface area contributed by atoms with E-state index in [0.717, 1.165) is 48.5 Å². The second-order valence-electron chi connectivity index (χ2n) is 5.06. The van der Waals surface area contributed by atoms with Gasteiger partial charge in [-0.1, -0.05) is 12.1 Å². The fraction of sp³-hybridized carbons (Fsp3) is 0.500. The maximum Gasteiger partial charge on any atom is 0.259 e. The van der Waals surface area contributed by atoms with Gasteiger partial charge in [0.05, 0.1) is 11.6 Å². The highest BCUT2D eigenvalue weighted by Crippen LogP contribution is 2.26. The summed E-state index contributed by atoms with van der Waals surface area (Å²) in [7, 11) is 0. The molecule has 1 aliphatic rings. The first-order valence-corrected chi connectivity index (χ1v) is 7.96. The Labute approximate surface area is 132 Å². The van der Waals surface area contributed by atoms with Crippen LogP contribution in [0.1, 0.15) is 25.2 Å². The van der Waals surface area contributed by atoms with Gasteiger partial charge in [-0.05, 0) is 28.4 Å². The van der Waals surface area contributed by atoms with Crippen LogP contribution in [0.25, 0.3) is 11.5 Å². The number of aromatic nitrogens is 3. The van der Waals surface area contributed by atoms with Crippen molar-refractivity contribution in [3.05, 3.63) is 28.8 Å².